The Kier molecular flexibility index (Phi) is 6.01. The van der Waals surface area contributed by atoms with Gasteiger partial charge in [0.15, 0.2) is 6.61 Å². The SMILES string of the molecule is O=C(COc1cccc(Cl)c1)NN=Cc1cccc(I)c1. The molecular weight excluding hydrogens is 403 g/mol. The maximum Gasteiger partial charge on any atom is 0.277 e. The molecule has 0 saturated heterocycles. The van der Waals surface area contributed by atoms with Gasteiger partial charge >= 0.3 is 0 Å². The molecule has 0 bridgehead atoms. The quantitative estimate of drug-likeness (QED) is 0.463. The molecule has 0 aliphatic rings. The van der Waals surface area contributed by atoms with Gasteiger partial charge in [-0.25, -0.2) is 5.43 Å². The first-order valence-corrected chi connectivity index (χ1v) is 7.55. The van der Waals surface area contributed by atoms with E-state index in [9.17, 15) is 4.79 Å². The van der Waals surface area contributed by atoms with Crippen molar-refractivity contribution in [1.82, 2.24) is 5.43 Å². The van der Waals surface area contributed by atoms with Crippen molar-refractivity contribution in [3.8, 4) is 5.75 Å². The highest BCUT2D eigenvalue weighted by Crippen LogP contribution is 2.16. The second kappa shape index (κ2) is 7.99. The van der Waals surface area contributed by atoms with E-state index in [4.69, 9.17) is 16.3 Å². The van der Waals surface area contributed by atoms with E-state index in [-0.39, 0.29) is 12.5 Å². The molecule has 2 aromatic rings. The molecule has 0 aliphatic heterocycles. The van der Waals surface area contributed by atoms with Crippen LogP contribution in [0.5, 0.6) is 5.75 Å². The molecule has 0 radical (unpaired) electrons. The third-order valence-electron chi connectivity index (χ3n) is 2.42. The zero-order chi connectivity index (χ0) is 15.1. The number of nitrogens with one attached hydrogen (secondary N) is 1. The van der Waals surface area contributed by atoms with Crippen molar-refractivity contribution in [2.45, 2.75) is 0 Å². The number of carbonyl (C=O) groups excluding carboxylic acids is 1. The van der Waals surface area contributed by atoms with Crippen molar-refractivity contribution in [1.29, 1.82) is 0 Å². The molecule has 108 valence electrons. The number of benzene rings is 2. The van der Waals surface area contributed by atoms with Gasteiger partial charge < -0.3 is 4.74 Å². The predicted octanol–water partition coefficient (Wildman–Crippen LogP) is 3.47. The summed E-state index contributed by atoms with van der Waals surface area (Å²) in [6.45, 7) is -0.121. The summed E-state index contributed by atoms with van der Waals surface area (Å²) in [6.07, 6.45) is 1.58. The fraction of sp³-hybridized carbons (Fsp3) is 0.0667. The number of ether oxygens (including phenoxy) is 1. The van der Waals surface area contributed by atoms with Gasteiger partial charge in [0.05, 0.1) is 6.21 Å². The fourth-order valence-electron chi connectivity index (χ4n) is 1.50. The molecule has 4 nitrogen and oxygen atoms in total. The van der Waals surface area contributed by atoms with Gasteiger partial charge in [0.25, 0.3) is 5.91 Å². The van der Waals surface area contributed by atoms with E-state index in [1.54, 1.807) is 30.5 Å². The monoisotopic (exact) mass is 414 g/mol. The number of nitrogens with zero attached hydrogens (tertiary/aromatic N) is 1. The van der Waals surface area contributed by atoms with Gasteiger partial charge in [-0.2, -0.15) is 5.10 Å². The Hall–Kier alpha value is -1.60. The third-order valence-corrected chi connectivity index (χ3v) is 3.32. The van der Waals surface area contributed by atoms with Crippen LogP contribution in [0.15, 0.2) is 53.6 Å². The Balaban J connectivity index is 1.80. The van der Waals surface area contributed by atoms with Crippen molar-refractivity contribution < 1.29 is 9.53 Å². The highest BCUT2D eigenvalue weighted by atomic mass is 127. The summed E-state index contributed by atoms with van der Waals surface area (Å²) in [5.41, 5.74) is 3.32. The smallest absolute Gasteiger partial charge is 0.277 e. The molecule has 0 atom stereocenters. The molecule has 0 heterocycles. The van der Waals surface area contributed by atoms with Crippen LogP contribution in [-0.4, -0.2) is 18.7 Å². The highest BCUT2D eigenvalue weighted by Gasteiger charge is 2.01. The molecule has 0 aliphatic carbocycles. The summed E-state index contributed by atoms with van der Waals surface area (Å²) in [6, 6.07) is 14.6. The van der Waals surface area contributed by atoms with Crippen molar-refractivity contribution in [2.24, 2.45) is 5.10 Å². The summed E-state index contributed by atoms with van der Waals surface area (Å²) in [5, 5.41) is 4.44. The van der Waals surface area contributed by atoms with Crippen LogP contribution in [0, 0.1) is 3.57 Å². The lowest BCUT2D eigenvalue weighted by atomic mass is 10.2. The summed E-state index contributed by atoms with van der Waals surface area (Å²) < 4.78 is 6.40. The van der Waals surface area contributed by atoms with Gasteiger partial charge in [-0.05, 0) is 58.5 Å². The second-order valence-electron chi connectivity index (χ2n) is 4.09. The Labute approximate surface area is 141 Å². The normalized spacial score (nSPS) is 10.6. The Bertz CT molecular complexity index is 662. The largest absolute Gasteiger partial charge is 0.484 e. The summed E-state index contributed by atoms with van der Waals surface area (Å²) in [4.78, 5) is 11.6. The fourth-order valence-corrected chi connectivity index (χ4v) is 2.25. The first kappa shape index (κ1) is 15.8. The van der Waals surface area contributed by atoms with Gasteiger partial charge in [-0.1, -0.05) is 29.8 Å². The topological polar surface area (TPSA) is 50.7 Å². The number of hydrazone groups is 1. The zero-order valence-electron chi connectivity index (χ0n) is 10.9. The van der Waals surface area contributed by atoms with Crippen LogP contribution in [0.4, 0.5) is 0 Å². The maximum absolute atomic E-state index is 11.6. The van der Waals surface area contributed by atoms with Gasteiger partial charge in [0.2, 0.25) is 0 Å². The Morgan fingerprint density at radius 2 is 2.10 bits per heavy atom. The van der Waals surface area contributed by atoms with Gasteiger partial charge in [-0.15, -0.1) is 0 Å². The minimum absolute atomic E-state index is 0.121. The second-order valence-corrected chi connectivity index (χ2v) is 5.78. The van der Waals surface area contributed by atoms with Gasteiger partial charge in [-0.3, -0.25) is 4.79 Å². The number of amides is 1. The van der Waals surface area contributed by atoms with Gasteiger partial charge in [0, 0.05) is 8.59 Å². The molecule has 0 fully saturated rings. The van der Waals surface area contributed by atoms with Crippen LogP contribution in [0.3, 0.4) is 0 Å². The predicted molar refractivity (Wildman–Crippen MR) is 91.8 cm³/mol. The molecular formula is C15H12ClIN2O2. The molecule has 0 aromatic heterocycles. The summed E-state index contributed by atoms with van der Waals surface area (Å²) in [7, 11) is 0. The molecule has 1 amide bonds. The minimum atomic E-state index is -0.336. The van der Waals surface area contributed by atoms with Crippen LogP contribution in [0.1, 0.15) is 5.56 Å². The number of halogens is 2. The van der Waals surface area contributed by atoms with E-state index in [1.807, 2.05) is 24.3 Å². The Morgan fingerprint density at radius 1 is 1.29 bits per heavy atom. The molecule has 2 aromatic carbocycles. The molecule has 0 spiro atoms. The summed E-state index contributed by atoms with van der Waals surface area (Å²) >= 11 is 8.03. The van der Waals surface area contributed by atoms with E-state index in [1.165, 1.54) is 0 Å². The highest BCUT2D eigenvalue weighted by molar-refractivity contribution is 14.1. The van der Waals surface area contributed by atoms with Crippen LogP contribution >= 0.6 is 34.2 Å². The molecule has 2 rings (SSSR count). The van der Waals surface area contributed by atoms with E-state index in [2.05, 4.69) is 33.1 Å². The standard InChI is InChI=1S/C15H12ClIN2O2/c16-12-4-2-6-14(8-12)21-10-15(20)19-18-9-11-3-1-5-13(17)7-11/h1-9H,10H2,(H,19,20). The number of hydrogen-bond donors (Lipinski definition) is 1. The molecule has 6 heteroatoms. The average molecular weight is 415 g/mol. The first-order valence-electron chi connectivity index (χ1n) is 6.09. The lowest BCUT2D eigenvalue weighted by Gasteiger charge is -2.04. The number of hydrogen-bond acceptors (Lipinski definition) is 3. The maximum atomic E-state index is 11.6. The van der Waals surface area contributed by atoms with Crippen LogP contribution in [-0.2, 0) is 4.79 Å². The van der Waals surface area contributed by atoms with E-state index < -0.39 is 0 Å². The van der Waals surface area contributed by atoms with E-state index in [0.29, 0.717) is 10.8 Å². The number of rotatable bonds is 5. The van der Waals surface area contributed by atoms with Crippen LogP contribution in [0.25, 0.3) is 0 Å². The van der Waals surface area contributed by atoms with E-state index >= 15 is 0 Å². The lowest BCUT2D eigenvalue weighted by Crippen LogP contribution is -2.24. The molecule has 1 N–H and O–H groups in total. The van der Waals surface area contributed by atoms with Crippen molar-refractivity contribution >= 4 is 46.3 Å². The van der Waals surface area contributed by atoms with E-state index in [0.717, 1.165) is 9.13 Å². The third kappa shape index (κ3) is 5.73. The average Bonchev–Trinajstić information content (AvgIpc) is 2.45. The molecule has 0 saturated carbocycles. The van der Waals surface area contributed by atoms with Gasteiger partial charge in [0.1, 0.15) is 5.75 Å². The zero-order valence-corrected chi connectivity index (χ0v) is 13.8. The summed E-state index contributed by atoms with van der Waals surface area (Å²) in [5.74, 6) is 0.205. The minimum Gasteiger partial charge on any atom is -0.484 e. The van der Waals surface area contributed by atoms with Crippen molar-refractivity contribution in [3.05, 3.63) is 62.7 Å². The van der Waals surface area contributed by atoms with Crippen molar-refractivity contribution in [3.63, 3.8) is 0 Å². The van der Waals surface area contributed by atoms with Crippen LogP contribution < -0.4 is 10.2 Å². The Morgan fingerprint density at radius 3 is 2.86 bits per heavy atom. The van der Waals surface area contributed by atoms with Crippen molar-refractivity contribution in [2.75, 3.05) is 6.61 Å². The number of carbonyl (C=O) groups is 1. The molecule has 21 heavy (non-hydrogen) atoms. The lowest BCUT2D eigenvalue weighted by molar-refractivity contribution is -0.123. The molecule has 0 unspecified atom stereocenters. The first-order chi connectivity index (χ1) is 10.1. The van der Waals surface area contributed by atoms with Crippen LogP contribution in [0.2, 0.25) is 5.02 Å².